The van der Waals surface area contributed by atoms with Gasteiger partial charge in [-0.15, -0.1) is 11.8 Å². The molecule has 1 nitrogen and oxygen atoms in total. The Kier molecular flexibility index (Phi) is 5.89. The summed E-state index contributed by atoms with van der Waals surface area (Å²) in [6, 6.07) is 0. The molecular formula is C17H25FO. The highest BCUT2D eigenvalue weighted by Gasteiger charge is 2.29. The third-order valence-corrected chi connectivity index (χ3v) is 4.88. The summed E-state index contributed by atoms with van der Waals surface area (Å²) in [4.78, 5) is 11.3. The van der Waals surface area contributed by atoms with Crippen LogP contribution in [0.15, 0.2) is 0 Å². The SMILES string of the molecule is O=C1CCC(C2CCC(CC#CCCF)CC2)CC1. The first kappa shape index (κ1) is 14.6. The molecule has 2 fully saturated rings. The summed E-state index contributed by atoms with van der Waals surface area (Å²) in [6.07, 6.45) is 10.4. The quantitative estimate of drug-likeness (QED) is 0.694. The second-order valence-corrected chi connectivity index (χ2v) is 6.15. The topological polar surface area (TPSA) is 17.1 Å². The van der Waals surface area contributed by atoms with Gasteiger partial charge in [-0.3, -0.25) is 9.18 Å². The van der Waals surface area contributed by atoms with Gasteiger partial charge >= 0.3 is 0 Å². The number of carbonyl (C=O) groups excluding carboxylic acids is 1. The van der Waals surface area contributed by atoms with E-state index in [9.17, 15) is 9.18 Å². The number of Topliss-reactive ketones (excluding diaryl/α,β-unsaturated/α-hetero) is 1. The van der Waals surface area contributed by atoms with E-state index in [1.54, 1.807) is 0 Å². The first-order valence-corrected chi connectivity index (χ1v) is 7.83. The standard InChI is InChI=1S/C17H25FO/c18-13-3-1-2-4-14-5-7-15(8-6-14)16-9-11-17(19)12-10-16/h14-16H,3-13H2. The molecule has 0 radical (unpaired) electrons. The molecule has 2 saturated carbocycles. The van der Waals surface area contributed by atoms with Gasteiger partial charge in [0, 0.05) is 25.7 Å². The summed E-state index contributed by atoms with van der Waals surface area (Å²) in [5.41, 5.74) is 0. The van der Waals surface area contributed by atoms with Crippen molar-refractivity contribution in [2.24, 2.45) is 17.8 Å². The Balaban J connectivity index is 1.68. The van der Waals surface area contributed by atoms with Crippen LogP contribution >= 0.6 is 0 Å². The van der Waals surface area contributed by atoms with E-state index in [4.69, 9.17) is 0 Å². The fourth-order valence-electron chi connectivity index (χ4n) is 3.65. The fourth-order valence-corrected chi connectivity index (χ4v) is 3.65. The molecule has 2 heteroatoms. The lowest BCUT2D eigenvalue weighted by Crippen LogP contribution is -2.25. The highest BCUT2D eigenvalue weighted by molar-refractivity contribution is 5.79. The van der Waals surface area contributed by atoms with Gasteiger partial charge in [0.2, 0.25) is 0 Å². The number of ketones is 1. The van der Waals surface area contributed by atoms with Crippen molar-refractivity contribution in [3.63, 3.8) is 0 Å². The minimum absolute atomic E-state index is 0.319. The third-order valence-electron chi connectivity index (χ3n) is 4.88. The molecule has 0 amide bonds. The van der Waals surface area contributed by atoms with Crippen molar-refractivity contribution in [1.82, 2.24) is 0 Å². The molecule has 0 spiro atoms. The van der Waals surface area contributed by atoms with Crippen molar-refractivity contribution in [1.29, 1.82) is 0 Å². The van der Waals surface area contributed by atoms with Crippen molar-refractivity contribution < 1.29 is 9.18 Å². The molecule has 19 heavy (non-hydrogen) atoms. The van der Waals surface area contributed by atoms with Crippen LogP contribution in [0.4, 0.5) is 4.39 Å². The van der Waals surface area contributed by atoms with E-state index in [1.165, 1.54) is 25.7 Å². The first-order valence-electron chi connectivity index (χ1n) is 7.83. The Hall–Kier alpha value is -0.840. The molecule has 2 aliphatic carbocycles. The molecular weight excluding hydrogens is 239 g/mol. The Morgan fingerprint density at radius 1 is 0.947 bits per heavy atom. The van der Waals surface area contributed by atoms with Crippen LogP contribution in [0.2, 0.25) is 0 Å². The molecule has 0 aliphatic heterocycles. The Labute approximate surface area is 116 Å². The third kappa shape index (κ3) is 4.64. The zero-order chi connectivity index (χ0) is 13.5. The maximum atomic E-state index is 11.9. The molecule has 0 aromatic heterocycles. The molecule has 0 aromatic rings. The number of hydrogen-bond acceptors (Lipinski definition) is 1. The summed E-state index contributed by atoms with van der Waals surface area (Å²) >= 11 is 0. The van der Waals surface area contributed by atoms with Gasteiger partial charge in [-0.1, -0.05) is 0 Å². The number of halogens is 1. The Morgan fingerprint density at radius 3 is 2.21 bits per heavy atom. The highest BCUT2D eigenvalue weighted by atomic mass is 19.1. The number of carbonyl (C=O) groups is 1. The minimum Gasteiger partial charge on any atom is -0.300 e. The van der Waals surface area contributed by atoms with Gasteiger partial charge in [0.25, 0.3) is 0 Å². The summed E-state index contributed by atoms with van der Waals surface area (Å²) < 4.78 is 11.9. The van der Waals surface area contributed by atoms with Gasteiger partial charge in [-0.25, -0.2) is 0 Å². The zero-order valence-electron chi connectivity index (χ0n) is 11.8. The van der Waals surface area contributed by atoms with Crippen LogP contribution in [0.3, 0.4) is 0 Å². The van der Waals surface area contributed by atoms with Crippen molar-refractivity contribution >= 4 is 5.78 Å². The number of rotatable bonds is 3. The Morgan fingerprint density at radius 2 is 1.58 bits per heavy atom. The molecule has 0 saturated heterocycles. The van der Waals surface area contributed by atoms with E-state index >= 15 is 0 Å². The van der Waals surface area contributed by atoms with E-state index in [-0.39, 0.29) is 6.67 Å². The van der Waals surface area contributed by atoms with Crippen LogP contribution in [-0.4, -0.2) is 12.5 Å². The average molecular weight is 264 g/mol. The first-order chi connectivity index (χ1) is 9.29. The smallest absolute Gasteiger partial charge is 0.132 e. The summed E-state index contributed by atoms with van der Waals surface area (Å²) in [6.45, 7) is -0.319. The second-order valence-electron chi connectivity index (χ2n) is 6.15. The van der Waals surface area contributed by atoms with E-state index in [0.717, 1.165) is 49.9 Å². The fraction of sp³-hybridized carbons (Fsp3) is 0.824. The minimum atomic E-state index is -0.319. The lowest BCUT2D eigenvalue weighted by molar-refractivity contribution is -0.121. The second kappa shape index (κ2) is 7.68. The molecule has 0 bridgehead atoms. The summed E-state index contributed by atoms with van der Waals surface area (Å²) in [5.74, 6) is 8.87. The molecule has 0 unspecified atom stereocenters. The maximum Gasteiger partial charge on any atom is 0.132 e. The van der Waals surface area contributed by atoms with E-state index < -0.39 is 0 Å². The Bertz CT molecular complexity index is 334. The van der Waals surface area contributed by atoms with Crippen molar-refractivity contribution in [3.8, 4) is 11.8 Å². The van der Waals surface area contributed by atoms with Crippen molar-refractivity contribution in [2.45, 2.75) is 64.2 Å². The highest BCUT2D eigenvalue weighted by Crippen LogP contribution is 2.39. The normalized spacial score (nSPS) is 28.8. The molecule has 0 heterocycles. The van der Waals surface area contributed by atoms with Crippen LogP contribution in [-0.2, 0) is 4.79 Å². The molecule has 2 aliphatic rings. The number of hydrogen-bond donors (Lipinski definition) is 0. The van der Waals surface area contributed by atoms with E-state index in [0.29, 0.717) is 12.2 Å². The van der Waals surface area contributed by atoms with Gasteiger partial charge in [-0.2, -0.15) is 0 Å². The van der Waals surface area contributed by atoms with E-state index in [1.807, 2.05) is 0 Å². The van der Waals surface area contributed by atoms with Gasteiger partial charge in [0.1, 0.15) is 12.5 Å². The van der Waals surface area contributed by atoms with Crippen LogP contribution in [0.1, 0.15) is 64.2 Å². The lowest BCUT2D eigenvalue weighted by atomic mass is 9.70. The summed E-state index contributed by atoms with van der Waals surface area (Å²) in [5, 5.41) is 0. The van der Waals surface area contributed by atoms with Crippen molar-refractivity contribution in [2.75, 3.05) is 6.67 Å². The molecule has 0 atom stereocenters. The largest absolute Gasteiger partial charge is 0.300 e. The van der Waals surface area contributed by atoms with E-state index in [2.05, 4.69) is 11.8 Å². The van der Waals surface area contributed by atoms with Crippen LogP contribution in [0, 0.1) is 29.6 Å². The average Bonchev–Trinajstić information content (AvgIpc) is 2.45. The zero-order valence-corrected chi connectivity index (χ0v) is 11.8. The van der Waals surface area contributed by atoms with Crippen molar-refractivity contribution in [3.05, 3.63) is 0 Å². The summed E-state index contributed by atoms with van der Waals surface area (Å²) in [7, 11) is 0. The van der Waals surface area contributed by atoms with Crippen LogP contribution in [0.5, 0.6) is 0 Å². The van der Waals surface area contributed by atoms with Gasteiger partial charge in [-0.05, 0) is 56.3 Å². The van der Waals surface area contributed by atoms with Gasteiger partial charge in [0.15, 0.2) is 0 Å². The molecule has 0 N–H and O–H groups in total. The van der Waals surface area contributed by atoms with Gasteiger partial charge in [0.05, 0.1) is 0 Å². The molecule has 0 aromatic carbocycles. The van der Waals surface area contributed by atoms with Crippen LogP contribution < -0.4 is 0 Å². The number of alkyl halides is 1. The molecule has 2 rings (SSSR count). The van der Waals surface area contributed by atoms with Gasteiger partial charge < -0.3 is 0 Å². The monoisotopic (exact) mass is 264 g/mol. The van der Waals surface area contributed by atoms with Crippen LogP contribution in [0.25, 0.3) is 0 Å². The predicted molar refractivity (Wildman–Crippen MR) is 75.4 cm³/mol. The maximum absolute atomic E-state index is 11.9. The predicted octanol–water partition coefficient (Wildman–Crippen LogP) is 4.31. The lowest BCUT2D eigenvalue weighted by Gasteiger charge is -2.35. The molecule has 106 valence electrons.